The molecule has 3 unspecified atom stereocenters. The normalized spacial score (nSPS) is 23.9. The number of rotatable bonds is 13. The van der Waals surface area contributed by atoms with Crippen LogP contribution in [0.25, 0.3) is 0 Å². The van der Waals surface area contributed by atoms with Crippen LogP contribution in [0.3, 0.4) is 0 Å². The second-order valence-corrected chi connectivity index (χ2v) is 17.1. The molecule has 1 heterocycles. The summed E-state index contributed by atoms with van der Waals surface area (Å²) in [5, 5.41) is 11.4. The SMILES string of the molecule is CC(C)NC(=O)OC[C@@H](NC(=O)N[C@H](C(=O)N1CC2C([C@H]1C(=O)NC(CC1CCC1)C(=O)C(N)=O)C2(C)C)C1Cc2ccccc2C1)C(C)(C)C. The zero-order valence-corrected chi connectivity index (χ0v) is 31.0. The Labute approximate surface area is 300 Å². The lowest BCUT2D eigenvalue weighted by Gasteiger charge is -2.36. The first-order valence-corrected chi connectivity index (χ1v) is 18.4. The average Bonchev–Trinajstić information content (AvgIpc) is 3.38. The maximum atomic E-state index is 14.8. The van der Waals surface area contributed by atoms with E-state index in [1.807, 2.05) is 58.9 Å². The van der Waals surface area contributed by atoms with Crippen molar-refractivity contribution in [1.82, 2.24) is 26.2 Å². The van der Waals surface area contributed by atoms with Crippen LogP contribution in [0, 0.1) is 34.5 Å². The van der Waals surface area contributed by atoms with Crippen molar-refractivity contribution in [1.29, 1.82) is 0 Å². The first-order chi connectivity index (χ1) is 23.9. The Balaban J connectivity index is 1.37. The van der Waals surface area contributed by atoms with Gasteiger partial charge in [0.2, 0.25) is 17.6 Å². The molecule has 13 heteroatoms. The lowest BCUT2D eigenvalue weighted by Crippen LogP contribution is -2.61. The number of urea groups is 1. The van der Waals surface area contributed by atoms with Crippen LogP contribution in [0.1, 0.15) is 85.3 Å². The van der Waals surface area contributed by atoms with Gasteiger partial charge in [-0.1, -0.05) is 78.1 Å². The lowest BCUT2D eigenvalue weighted by atomic mass is 9.80. The number of primary amides is 1. The van der Waals surface area contributed by atoms with E-state index in [1.54, 1.807) is 4.90 Å². The highest BCUT2D eigenvalue weighted by atomic mass is 16.5. The Kier molecular flexibility index (Phi) is 11.1. The highest BCUT2D eigenvalue weighted by Gasteiger charge is 2.70. The van der Waals surface area contributed by atoms with Crippen molar-refractivity contribution in [2.75, 3.05) is 13.2 Å². The Bertz CT molecular complexity index is 1510. The summed E-state index contributed by atoms with van der Waals surface area (Å²) in [6, 6.07) is 3.75. The molecule has 1 aromatic rings. The van der Waals surface area contributed by atoms with Crippen LogP contribution in [-0.4, -0.2) is 83.9 Å². The zero-order valence-electron chi connectivity index (χ0n) is 31.0. The van der Waals surface area contributed by atoms with Gasteiger partial charge in [0.15, 0.2) is 0 Å². The number of ketones is 1. The lowest BCUT2D eigenvalue weighted by molar-refractivity contribution is -0.144. The minimum atomic E-state index is -1.10. The molecule has 5 rings (SSSR count). The van der Waals surface area contributed by atoms with Crippen LogP contribution in [0.4, 0.5) is 9.59 Å². The monoisotopic (exact) mass is 708 g/mol. The predicted molar refractivity (Wildman–Crippen MR) is 190 cm³/mol. The van der Waals surface area contributed by atoms with E-state index >= 15 is 0 Å². The minimum absolute atomic E-state index is 0.0591. The zero-order chi connectivity index (χ0) is 37.4. The van der Waals surface area contributed by atoms with Crippen molar-refractivity contribution in [2.24, 2.45) is 40.2 Å². The molecule has 4 aliphatic rings. The van der Waals surface area contributed by atoms with Crippen LogP contribution >= 0.6 is 0 Å². The molecule has 6 amide bonds. The largest absolute Gasteiger partial charge is 0.447 e. The van der Waals surface area contributed by atoms with Crippen molar-refractivity contribution < 1.29 is 33.5 Å². The standard InChI is InChI=1S/C38H56N6O7/c1-20(2)40-36(50)51-19-27(37(3,4)5)42-35(49)43-29(24-16-22-13-8-9-14-23(22)17-24)34(48)44-18-25-28(38(25,6)7)30(44)33(47)41-26(31(45)32(39)46)15-21-11-10-12-21/h8-9,13-14,20-21,24-30H,10-12,15-19H2,1-7H3,(H2,39,46)(H,40,50)(H,41,47)(H2,42,43,49)/t25?,26?,27-,28?,29+,30+/m1/s1. The number of nitrogens with zero attached hydrogens (tertiary/aromatic N) is 1. The van der Waals surface area contributed by atoms with Gasteiger partial charge in [-0.05, 0) is 78.7 Å². The van der Waals surface area contributed by atoms with Crippen molar-refractivity contribution >= 4 is 35.6 Å². The van der Waals surface area contributed by atoms with Crippen molar-refractivity contribution in [3.8, 4) is 0 Å². The molecule has 1 aliphatic heterocycles. The first kappa shape index (κ1) is 38.1. The van der Waals surface area contributed by atoms with Crippen LogP contribution in [0.15, 0.2) is 24.3 Å². The molecule has 0 aromatic heterocycles. The number of alkyl carbamates (subject to hydrolysis) is 1. The summed E-state index contributed by atoms with van der Waals surface area (Å²) in [7, 11) is 0. The summed E-state index contributed by atoms with van der Waals surface area (Å²) < 4.78 is 5.43. The van der Waals surface area contributed by atoms with Gasteiger partial charge in [-0.25, -0.2) is 9.59 Å². The number of hydrogen-bond acceptors (Lipinski definition) is 7. The van der Waals surface area contributed by atoms with Gasteiger partial charge >= 0.3 is 12.1 Å². The molecule has 0 bridgehead atoms. The van der Waals surface area contributed by atoms with Gasteiger partial charge in [0, 0.05) is 12.6 Å². The van der Waals surface area contributed by atoms with Crippen LogP contribution < -0.4 is 27.0 Å². The van der Waals surface area contributed by atoms with E-state index < -0.39 is 59.3 Å². The summed E-state index contributed by atoms with van der Waals surface area (Å²) in [5.74, 6) is -2.94. The molecule has 6 atom stereocenters. The molecule has 51 heavy (non-hydrogen) atoms. The molecule has 3 fully saturated rings. The predicted octanol–water partition coefficient (Wildman–Crippen LogP) is 2.83. The fourth-order valence-electron chi connectivity index (χ4n) is 8.21. The van der Waals surface area contributed by atoms with E-state index in [2.05, 4.69) is 35.1 Å². The van der Waals surface area contributed by atoms with Crippen LogP contribution in [-0.2, 0) is 36.8 Å². The van der Waals surface area contributed by atoms with Gasteiger partial charge in [-0.3, -0.25) is 19.2 Å². The number of likely N-dealkylation sites (tertiary alicyclic amines) is 1. The molecule has 1 saturated heterocycles. The number of nitrogens with one attached hydrogen (secondary N) is 4. The van der Waals surface area contributed by atoms with Crippen molar-refractivity contribution in [3.63, 3.8) is 0 Å². The third-order valence-electron chi connectivity index (χ3n) is 11.7. The van der Waals surface area contributed by atoms with Gasteiger partial charge in [0.1, 0.15) is 18.7 Å². The smallest absolute Gasteiger partial charge is 0.407 e. The summed E-state index contributed by atoms with van der Waals surface area (Å²) >= 11 is 0. The number of nitrogens with two attached hydrogens (primary N) is 1. The van der Waals surface area contributed by atoms with E-state index in [4.69, 9.17) is 10.5 Å². The molecule has 3 aliphatic carbocycles. The van der Waals surface area contributed by atoms with Gasteiger partial charge < -0.3 is 36.6 Å². The second kappa shape index (κ2) is 14.8. The number of fused-ring (bicyclic) bond motifs is 2. The van der Waals surface area contributed by atoms with Gasteiger partial charge in [0.25, 0.3) is 5.91 Å². The first-order valence-electron chi connectivity index (χ1n) is 18.4. The average molecular weight is 709 g/mol. The minimum Gasteiger partial charge on any atom is -0.447 e. The molecule has 1 aromatic carbocycles. The van der Waals surface area contributed by atoms with Gasteiger partial charge in [-0.15, -0.1) is 0 Å². The van der Waals surface area contributed by atoms with E-state index in [1.165, 1.54) is 0 Å². The third kappa shape index (κ3) is 8.49. The second-order valence-electron chi connectivity index (χ2n) is 17.1. The highest BCUT2D eigenvalue weighted by molar-refractivity contribution is 6.37. The number of carbonyl (C=O) groups excluding carboxylic acids is 6. The Morgan fingerprint density at radius 3 is 2.12 bits per heavy atom. The van der Waals surface area contributed by atoms with Gasteiger partial charge in [0.05, 0.1) is 12.1 Å². The number of Topliss-reactive ketones (excluding diaryl/α,β-unsaturated/α-hetero) is 1. The molecule has 13 nitrogen and oxygen atoms in total. The number of amides is 6. The Morgan fingerprint density at radius 1 is 0.961 bits per heavy atom. The number of benzene rings is 1. The topological polar surface area (TPSA) is 189 Å². The molecular formula is C38H56N6O7. The summed E-state index contributed by atoms with van der Waals surface area (Å²) in [6.45, 7) is 13.8. The fraction of sp³-hybridized carbons (Fsp3) is 0.684. The number of carbonyl (C=O) groups is 6. The summed E-state index contributed by atoms with van der Waals surface area (Å²) in [4.78, 5) is 81.3. The number of ether oxygens (including phenoxy) is 1. The number of piperidine rings is 1. The fourth-order valence-corrected chi connectivity index (χ4v) is 8.21. The molecule has 6 N–H and O–H groups in total. The molecule has 280 valence electrons. The Morgan fingerprint density at radius 2 is 1.59 bits per heavy atom. The quantitative estimate of drug-likeness (QED) is 0.195. The number of hydrogen-bond donors (Lipinski definition) is 5. The van der Waals surface area contributed by atoms with E-state index in [0.717, 1.165) is 30.4 Å². The van der Waals surface area contributed by atoms with Crippen LogP contribution in [0.2, 0.25) is 0 Å². The van der Waals surface area contributed by atoms with E-state index in [9.17, 15) is 28.8 Å². The molecule has 0 spiro atoms. The molecular weight excluding hydrogens is 652 g/mol. The molecule has 2 saturated carbocycles. The van der Waals surface area contributed by atoms with Crippen molar-refractivity contribution in [2.45, 2.75) is 117 Å². The van der Waals surface area contributed by atoms with Crippen molar-refractivity contribution in [3.05, 3.63) is 35.4 Å². The van der Waals surface area contributed by atoms with Gasteiger partial charge in [-0.2, -0.15) is 0 Å². The Hall–Kier alpha value is -4.16. The van der Waals surface area contributed by atoms with E-state index in [-0.39, 0.29) is 47.6 Å². The third-order valence-corrected chi connectivity index (χ3v) is 11.7. The highest BCUT2D eigenvalue weighted by Crippen LogP contribution is 2.65. The van der Waals surface area contributed by atoms with E-state index in [0.29, 0.717) is 25.8 Å². The molecule has 0 radical (unpaired) electrons. The summed E-state index contributed by atoms with van der Waals surface area (Å²) in [6.07, 6.45) is 3.72. The maximum absolute atomic E-state index is 14.8. The van der Waals surface area contributed by atoms with Crippen LogP contribution in [0.5, 0.6) is 0 Å². The maximum Gasteiger partial charge on any atom is 0.407 e. The summed E-state index contributed by atoms with van der Waals surface area (Å²) in [5.41, 5.74) is 6.88.